The summed E-state index contributed by atoms with van der Waals surface area (Å²) in [5.74, 6) is -1.05. The Morgan fingerprint density at radius 2 is 2.12 bits per heavy atom. The third kappa shape index (κ3) is 4.77. The first-order valence-corrected chi connectivity index (χ1v) is 4.98. The molecule has 9 heteroatoms. The standard InChI is InChI=1S/C8H12ClN3O5/c1-8(2,12(15)16)5-10-17-7(14)11(3)6(13)4-9/h5H,4H2,1-3H3. The van der Waals surface area contributed by atoms with Crippen LogP contribution >= 0.6 is 11.6 Å². The lowest BCUT2D eigenvalue weighted by Gasteiger charge is -2.11. The number of halogens is 1. The van der Waals surface area contributed by atoms with Crippen molar-refractivity contribution in [3.05, 3.63) is 10.1 Å². The Morgan fingerprint density at radius 3 is 2.53 bits per heavy atom. The predicted molar refractivity (Wildman–Crippen MR) is 59.5 cm³/mol. The summed E-state index contributed by atoms with van der Waals surface area (Å²) in [6.07, 6.45) is -0.213. The van der Waals surface area contributed by atoms with Crippen molar-refractivity contribution < 1.29 is 19.3 Å². The number of amides is 2. The molecule has 2 amide bonds. The maximum absolute atomic E-state index is 11.1. The second-order valence-corrected chi connectivity index (χ2v) is 3.86. The van der Waals surface area contributed by atoms with Crippen LogP contribution in [-0.2, 0) is 9.63 Å². The van der Waals surface area contributed by atoms with Gasteiger partial charge in [-0.3, -0.25) is 19.7 Å². The number of carbonyl (C=O) groups excluding carboxylic acids is 2. The molecular weight excluding hydrogens is 254 g/mol. The lowest BCUT2D eigenvalue weighted by atomic mass is 10.1. The molecule has 0 saturated carbocycles. The fraction of sp³-hybridized carbons (Fsp3) is 0.625. The summed E-state index contributed by atoms with van der Waals surface area (Å²) in [7, 11) is 1.15. The number of imide groups is 1. The molecule has 0 atom stereocenters. The molecule has 0 rings (SSSR count). The fourth-order valence-corrected chi connectivity index (χ4v) is 0.680. The Morgan fingerprint density at radius 1 is 1.59 bits per heavy atom. The predicted octanol–water partition coefficient (Wildman–Crippen LogP) is 0.861. The van der Waals surface area contributed by atoms with E-state index in [0.717, 1.165) is 13.3 Å². The van der Waals surface area contributed by atoms with Gasteiger partial charge in [0, 0.05) is 25.8 Å². The van der Waals surface area contributed by atoms with E-state index in [1.165, 1.54) is 13.8 Å². The van der Waals surface area contributed by atoms with Crippen LogP contribution in [0.3, 0.4) is 0 Å². The number of hydrogen-bond donors (Lipinski definition) is 0. The van der Waals surface area contributed by atoms with Crippen molar-refractivity contribution in [3.8, 4) is 0 Å². The molecule has 96 valence electrons. The van der Waals surface area contributed by atoms with Gasteiger partial charge in [0.05, 0.1) is 0 Å². The van der Waals surface area contributed by atoms with Gasteiger partial charge in [0.15, 0.2) is 0 Å². The molecule has 0 radical (unpaired) electrons. The van der Waals surface area contributed by atoms with Gasteiger partial charge in [0.2, 0.25) is 5.91 Å². The van der Waals surface area contributed by atoms with Gasteiger partial charge >= 0.3 is 6.09 Å². The van der Waals surface area contributed by atoms with E-state index in [9.17, 15) is 19.7 Å². The van der Waals surface area contributed by atoms with Crippen molar-refractivity contribution in [3.63, 3.8) is 0 Å². The normalized spacial score (nSPS) is 11.3. The Hall–Kier alpha value is -1.70. The quantitative estimate of drug-likeness (QED) is 0.247. The first-order valence-electron chi connectivity index (χ1n) is 4.45. The Labute approximate surface area is 102 Å². The van der Waals surface area contributed by atoms with Crippen molar-refractivity contribution in [2.75, 3.05) is 12.9 Å². The largest absolute Gasteiger partial charge is 0.442 e. The summed E-state index contributed by atoms with van der Waals surface area (Å²) in [5, 5.41) is 13.6. The summed E-state index contributed by atoms with van der Waals surface area (Å²) >= 11 is 5.21. The number of hydrogen-bond acceptors (Lipinski definition) is 6. The average Bonchev–Trinajstić information content (AvgIpc) is 2.26. The molecule has 0 N–H and O–H groups in total. The second-order valence-electron chi connectivity index (χ2n) is 3.59. The SMILES string of the molecule is CN(C(=O)CCl)C(=O)ON=CC(C)(C)[N+](=O)[O-]. The minimum Gasteiger partial charge on any atom is -0.298 e. The van der Waals surface area contributed by atoms with Crippen LogP contribution in [0.5, 0.6) is 0 Å². The van der Waals surface area contributed by atoms with Gasteiger partial charge < -0.3 is 0 Å². The van der Waals surface area contributed by atoms with Gasteiger partial charge in [0.25, 0.3) is 5.54 Å². The maximum Gasteiger partial charge on any atom is 0.442 e. The number of carbonyl (C=O) groups is 2. The number of nitro groups is 1. The van der Waals surface area contributed by atoms with E-state index in [1.54, 1.807) is 0 Å². The summed E-state index contributed by atoms with van der Waals surface area (Å²) < 4.78 is 0. The van der Waals surface area contributed by atoms with Crippen LogP contribution in [0.2, 0.25) is 0 Å². The molecule has 0 aliphatic carbocycles. The maximum atomic E-state index is 11.1. The van der Waals surface area contributed by atoms with E-state index < -0.39 is 22.5 Å². The molecule has 0 saturated heterocycles. The van der Waals surface area contributed by atoms with Gasteiger partial charge in [0.1, 0.15) is 12.1 Å². The van der Waals surface area contributed by atoms with Crippen LogP contribution in [0.25, 0.3) is 0 Å². The number of rotatable bonds is 4. The zero-order valence-electron chi connectivity index (χ0n) is 9.55. The van der Waals surface area contributed by atoms with Gasteiger partial charge in [-0.15, -0.1) is 11.6 Å². The first kappa shape index (κ1) is 15.3. The molecule has 0 fully saturated rings. The third-order valence-electron chi connectivity index (χ3n) is 1.73. The smallest absolute Gasteiger partial charge is 0.298 e. The first-order chi connectivity index (χ1) is 7.72. The Balaban J connectivity index is 4.40. The number of alkyl halides is 1. The second kappa shape index (κ2) is 6.14. The average molecular weight is 266 g/mol. The van der Waals surface area contributed by atoms with Gasteiger partial charge in [-0.05, 0) is 0 Å². The van der Waals surface area contributed by atoms with E-state index in [0.29, 0.717) is 4.90 Å². The van der Waals surface area contributed by atoms with E-state index in [1.807, 2.05) is 0 Å². The van der Waals surface area contributed by atoms with Crippen molar-refractivity contribution in [2.24, 2.45) is 5.16 Å². The summed E-state index contributed by atoms with van der Waals surface area (Å²) in [5.41, 5.74) is -1.46. The Bertz CT molecular complexity index is 355. The van der Waals surface area contributed by atoms with Gasteiger partial charge in [-0.25, -0.2) is 9.69 Å². The van der Waals surface area contributed by atoms with E-state index >= 15 is 0 Å². The topological polar surface area (TPSA) is 102 Å². The van der Waals surface area contributed by atoms with E-state index in [-0.39, 0.29) is 5.88 Å². The minimum absolute atomic E-state index is 0.379. The number of oxime groups is 1. The summed E-state index contributed by atoms with van der Waals surface area (Å²) in [4.78, 5) is 36.9. The van der Waals surface area contributed by atoms with Crippen LogP contribution in [0, 0.1) is 10.1 Å². The highest BCUT2D eigenvalue weighted by Crippen LogP contribution is 2.04. The molecular formula is C8H12ClN3O5. The highest BCUT2D eigenvalue weighted by Gasteiger charge is 2.28. The van der Waals surface area contributed by atoms with E-state index in [2.05, 4.69) is 9.99 Å². The Kier molecular flexibility index (Phi) is 5.52. The summed E-state index contributed by atoms with van der Waals surface area (Å²) in [6, 6.07) is 0. The summed E-state index contributed by atoms with van der Waals surface area (Å²) in [6.45, 7) is 2.55. The van der Waals surface area contributed by atoms with Crippen LogP contribution in [0.15, 0.2) is 5.16 Å². The molecule has 0 heterocycles. The third-order valence-corrected chi connectivity index (χ3v) is 1.96. The molecule has 0 aromatic carbocycles. The molecule has 0 aromatic rings. The highest BCUT2D eigenvalue weighted by molar-refractivity contribution is 6.28. The zero-order valence-corrected chi connectivity index (χ0v) is 10.3. The molecule has 8 nitrogen and oxygen atoms in total. The molecule has 0 bridgehead atoms. The monoisotopic (exact) mass is 265 g/mol. The lowest BCUT2D eigenvalue weighted by molar-refractivity contribution is -0.536. The molecule has 0 aromatic heterocycles. The number of nitrogens with zero attached hydrogens (tertiary/aromatic N) is 3. The van der Waals surface area contributed by atoms with E-state index in [4.69, 9.17) is 11.6 Å². The zero-order chi connectivity index (χ0) is 13.6. The van der Waals surface area contributed by atoms with Crippen LogP contribution in [-0.4, -0.2) is 46.5 Å². The molecule has 0 aliphatic heterocycles. The van der Waals surface area contributed by atoms with Crippen molar-refractivity contribution >= 4 is 29.8 Å². The van der Waals surface area contributed by atoms with Crippen molar-refractivity contribution in [1.29, 1.82) is 0 Å². The van der Waals surface area contributed by atoms with Crippen molar-refractivity contribution in [1.82, 2.24) is 4.90 Å². The van der Waals surface area contributed by atoms with Crippen LogP contribution in [0.1, 0.15) is 13.8 Å². The van der Waals surface area contributed by atoms with Crippen molar-refractivity contribution in [2.45, 2.75) is 19.4 Å². The lowest BCUT2D eigenvalue weighted by Crippen LogP contribution is -2.35. The highest BCUT2D eigenvalue weighted by atomic mass is 35.5. The van der Waals surface area contributed by atoms with Gasteiger partial charge in [-0.1, -0.05) is 5.16 Å². The van der Waals surface area contributed by atoms with Crippen LogP contribution < -0.4 is 0 Å². The molecule has 0 aliphatic rings. The fourth-order valence-electron chi connectivity index (χ4n) is 0.500. The molecule has 0 spiro atoms. The minimum atomic E-state index is -1.46. The molecule has 17 heavy (non-hydrogen) atoms. The van der Waals surface area contributed by atoms with Crippen LogP contribution in [0.4, 0.5) is 4.79 Å². The van der Waals surface area contributed by atoms with Gasteiger partial charge in [-0.2, -0.15) is 0 Å². The molecule has 0 unspecified atom stereocenters.